The number of pyridine rings is 1. The SMILES string of the molecule is O=C(O)C1CCCCC1C(=O)N1CCc2c(Cl)ccc(OCc3noc4ncccc34)c2[C@H]1N1CCCC1=O. The first-order valence-corrected chi connectivity index (χ1v) is 13.8. The van der Waals surface area contributed by atoms with Gasteiger partial charge in [0.05, 0.1) is 17.2 Å². The van der Waals surface area contributed by atoms with Gasteiger partial charge in [0, 0.05) is 36.3 Å². The molecule has 2 fully saturated rings. The number of aromatic nitrogens is 2. The molecular formula is C28H29ClN4O6. The summed E-state index contributed by atoms with van der Waals surface area (Å²) >= 11 is 6.67. The van der Waals surface area contributed by atoms with Crippen molar-refractivity contribution in [3.8, 4) is 5.75 Å². The summed E-state index contributed by atoms with van der Waals surface area (Å²) in [5, 5.41) is 15.2. The fourth-order valence-electron chi connectivity index (χ4n) is 6.29. The number of rotatable bonds is 6. The van der Waals surface area contributed by atoms with Crippen LogP contribution in [0.3, 0.4) is 0 Å². The summed E-state index contributed by atoms with van der Waals surface area (Å²) in [6.07, 6.45) is 5.03. The molecule has 3 aliphatic rings. The number of nitrogens with zero attached hydrogens (tertiary/aromatic N) is 4. The number of hydrogen-bond donors (Lipinski definition) is 1. The van der Waals surface area contributed by atoms with Crippen LogP contribution >= 0.6 is 11.6 Å². The standard InChI is InChI=1S/C28H29ClN4O6/c29-20-9-10-22(38-15-21-19-7-3-12-30-25(19)39-31-21)24-18(20)11-14-33(26(24)32-13-4-8-23(32)34)27(35)16-5-1-2-6-17(16)28(36)37/h3,7,9-10,12,16-17,26H,1-2,4-6,8,11,13-15H2,(H,36,37)/t16?,17?,26-/m0/s1. The second-order valence-electron chi connectivity index (χ2n) is 10.4. The van der Waals surface area contributed by atoms with E-state index in [1.165, 1.54) is 0 Å². The van der Waals surface area contributed by atoms with E-state index in [9.17, 15) is 19.5 Å². The molecule has 2 amide bonds. The summed E-state index contributed by atoms with van der Waals surface area (Å²) in [5.74, 6) is -2.08. The number of carbonyl (C=O) groups is 3. The normalized spacial score (nSPS) is 23.2. The van der Waals surface area contributed by atoms with Gasteiger partial charge in [-0.2, -0.15) is 0 Å². The molecule has 0 spiro atoms. The number of carboxylic acids is 1. The number of aliphatic carboxylic acids is 1. The lowest BCUT2D eigenvalue weighted by molar-refractivity contribution is -0.157. The molecule has 4 heterocycles. The zero-order valence-electron chi connectivity index (χ0n) is 21.3. The van der Waals surface area contributed by atoms with Crippen LogP contribution in [0, 0.1) is 11.8 Å². The first-order valence-electron chi connectivity index (χ1n) is 13.4. The van der Waals surface area contributed by atoms with Crippen LogP contribution in [0.25, 0.3) is 11.1 Å². The van der Waals surface area contributed by atoms with E-state index in [-0.39, 0.29) is 18.4 Å². The molecule has 6 rings (SSSR count). The van der Waals surface area contributed by atoms with Crippen LogP contribution in [0.15, 0.2) is 35.0 Å². The average Bonchev–Trinajstić information content (AvgIpc) is 3.57. The second kappa shape index (κ2) is 10.5. The number of likely N-dealkylation sites (tertiary alicyclic amines) is 1. The Kier molecular flexibility index (Phi) is 6.88. The Hall–Kier alpha value is -3.66. The highest BCUT2D eigenvalue weighted by molar-refractivity contribution is 6.31. The zero-order valence-corrected chi connectivity index (χ0v) is 22.1. The van der Waals surface area contributed by atoms with E-state index in [4.69, 9.17) is 20.9 Å². The van der Waals surface area contributed by atoms with Crippen LogP contribution in [0.2, 0.25) is 5.02 Å². The average molecular weight is 553 g/mol. The van der Waals surface area contributed by atoms with Crippen molar-refractivity contribution in [3.05, 3.63) is 52.3 Å². The highest BCUT2D eigenvalue weighted by Gasteiger charge is 2.46. The second-order valence-corrected chi connectivity index (χ2v) is 10.8. The first-order chi connectivity index (χ1) is 18.9. The van der Waals surface area contributed by atoms with Gasteiger partial charge in [-0.25, -0.2) is 4.98 Å². The molecule has 11 heteroatoms. The molecule has 1 N–H and O–H groups in total. The third-order valence-corrected chi connectivity index (χ3v) is 8.55. The van der Waals surface area contributed by atoms with Crippen molar-refractivity contribution in [2.24, 2.45) is 11.8 Å². The van der Waals surface area contributed by atoms with Crippen LogP contribution in [0.4, 0.5) is 0 Å². The molecule has 1 saturated heterocycles. The van der Waals surface area contributed by atoms with Gasteiger partial charge in [-0.3, -0.25) is 14.4 Å². The minimum Gasteiger partial charge on any atom is -0.487 e. The van der Waals surface area contributed by atoms with Gasteiger partial charge in [-0.1, -0.05) is 29.6 Å². The van der Waals surface area contributed by atoms with Crippen molar-refractivity contribution in [3.63, 3.8) is 0 Å². The van der Waals surface area contributed by atoms with Gasteiger partial charge in [-0.15, -0.1) is 0 Å². The third kappa shape index (κ3) is 4.60. The number of fused-ring (bicyclic) bond motifs is 2. The van der Waals surface area contributed by atoms with Gasteiger partial charge in [0.2, 0.25) is 11.8 Å². The van der Waals surface area contributed by atoms with E-state index in [1.807, 2.05) is 6.07 Å². The van der Waals surface area contributed by atoms with Crippen LogP contribution in [-0.4, -0.2) is 55.9 Å². The van der Waals surface area contributed by atoms with Crippen LogP contribution < -0.4 is 4.74 Å². The summed E-state index contributed by atoms with van der Waals surface area (Å²) in [4.78, 5) is 46.8. The number of halogens is 1. The molecule has 39 heavy (non-hydrogen) atoms. The van der Waals surface area contributed by atoms with Crippen LogP contribution in [-0.2, 0) is 27.4 Å². The van der Waals surface area contributed by atoms with Crippen molar-refractivity contribution >= 4 is 40.5 Å². The van der Waals surface area contributed by atoms with Gasteiger partial charge in [0.15, 0.2) is 0 Å². The maximum atomic E-state index is 14.1. The molecule has 2 aliphatic heterocycles. The summed E-state index contributed by atoms with van der Waals surface area (Å²) in [5.41, 5.74) is 2.48. The highest BCUT2D eigenvalue weighted by atomic mass is 35.5. The minimum absolute atomic E-state index is 0.0522. The van der Waals surface area contributed by atoms with E-state index >= 15 is 0 Å². The summed E-state index contributed by atoms with van der Waals surface area (Å²) in [7, 11) is 0. The zero-order chi connectivity index (χ0) is 27.1. The van der Waals surface area contributed by atoms with E-state index in [2.05, 4.69) is 10.1 Å². The fourth-order valence-corrected chi connectivity index (χ4v) is 6.55. The van der Waals surface area contributed by atoms with Crippen LogP contribution in [0.5, 0.6) is 5.75 Å². The van der Waals surface area contributed by atoms with Crippen molar-refractivity contribution in [2.75, 3.05) is 13.1 Å². The number of ether oxygens (including phenoxy) is 1. The molecule has 10 nitrogen and oxygen atoms in total. The number of carboxylic acid groups (broad SMARTS) is 1. The van der Waals surface area contributed by atoms with Crippen molar-refractivity contribution < 1.29 is 28.8 Å². The van der Waals surface area contributed by atoms with Crippen LogP contribution in [0.1, 0.15) is 61.5 Å². The molecule has 3 atom stereocenters. The number of carbonyl (C=O) groups excluding carboxylic acids is 2. The molecule has 0 radical (unpaired) electrons. The molecule has 204 valence electrons. The quantitative estimate of drug-likeness (QED) is 0.478. The van der Waals surface area contributed by atoms with Crippen molar-refractivity contribution in [1.82, 2.24) is 19.9 Å². The molecule has 1 aliphatic carbocycles. The number of amides is 2. The molecular weight excluding hydrogens is 524 g/mol. The summed E-state index contributed by atoms with van der Waals surface area (Å²) < 4.78 is 11.6. The highest BCUT2D eigenvalue weighted by Crippen LogP contribution is 2.45. The smallest absolute Gasteiger partial charge is 0.307 e. The van der Waals surface area contributed by atoms with E-state index in [0.29, 0.717) is 72.9 Å². The third-order valence-electron chi connectivity index (χ3n) is 8.19. The Bertz CT molecular complexity index is 1440. The minimum atomic E-state index is -0.944. The predicted molar refractivity (Wildman–Crippen MR) is 140 cm³/mol. The van der Waals surface area contributed by atoms with Crippen molar-refractivity contribution in [2.45, 2.75) is 57.7 Å². The summed E-state index contributed by atoms with van der Waals surface area (Å²) in [6.45, 7) is 0.919. The van der Waals surface area contributed by atoms with Gasteiger partial charge in [0.25, 0.3) is 5.71 Å². The van der Waals surface area contributed by atoms with Gasteiger partial charge in [0.1, 0.15) is 24.2 Å². The molecule has 3 aromatic rings. The summed E-state index contributed by atoms with van der Waals surface area (Å²) in [6, 6.07) is 7.16. The van der Waals surface area contributed by atoms with E-state index < -0.39 is 24.0 Å². The molecule has 1 saturated carbocycles. The Balaban J connectivity index is 1.39. The monoisotopic (exact) mass is 552 g/mol. The Morgan fingerprint density at radius 1 is 1.10 bits per heavy atom. The van der Waals surface area contributed by atoms with Gasteiger partial charge >= 0.3 is 5.97 Å². The maximum Gasteiger partial charge on any atom is 0.307 e. The molecule has 2 unspecified atom stereocenters. The predicted octanol–water partition coefficient (Wildman–Crippen LogP) is 4.35. The number of benzene rings is 1. The fraction of sp³-hybridized carbons (Fsp3) is 0.464. The lowest BCUT2D eigenvalue weighted by Crippen LogP contribution is -2.52. The van der Waals surface area contributed by atoms with Crippen molar-refractivity contribution in [1.29, 1.82) is 0 Å². The Labute approximate surface area is 229 Å². The largest absolute Gasteiger partial charge is 0.487 e. The lowest BCUT2D eigenvalue weighted by Gasteiger charge is -2.45. The van der Waals surface area contributed by atoms with Gasteiger partial charge in [-0.05, 0) is 55.5 Å². The lowest BCUT2D eigenvalue weighted by atomic mass is 9.78. The topological polar surface area (TPSA) is 126 Å². The molecule has 0 bridgehead atoms. The van der Waals surface area contributed by atoms with E-state index in [1.54, 1.807) is 34.2 Å². The Morgan fingerprint density at radius 3 is 2.69 bits per heavy atom. The van der Waals surface area contributed by atoms with E-state index in [0.717, 1.165) is 23.8 Å². The van der Waals surface area contributed by atoms with Gasteiger partial charge < -0.3 is 24.2 Å². The molecule has 1 aromatic carbocycles. The Morgan fingerprint density at radius 2 is 1.92 bits per heavy atom. The molecule has 2 aromatic heterocycles. The maximum absolute atomic E-state index is 14.1. The number of hydrogen-bond acceptors (Lipinski definition) is 7. The first kappa shape index (κ1) is 25.6.